The van der Waals surface area contributed by atoms with E-state index in [4.69, 9.17) is 5.26 Å². The second kappa shape index (κ2) is 7.11. The zero-order valence-electron chi connectivity index (χ0n) is 11.7. The van der Waals surface area contributed by atoms with Gasteiger partial charge in [-0.05, 0) is 24.8 Å². The van der Waals surface area contributed by atoms with Crippen LogP contribution in [0.1, 0.15) is 34.1 Å². The van der Waals surface area contributed by atoms with Crippen LogP contribution in [0, 0.1) is 11.3 Å². The fourth-order valence-electron chi connectivity index (χ4n) is 1.69. The first-order chi connectivity index (χ1) is 10.2. The molecule has 0 atom stereocenters. The first-order valence-corrected chi connectivity index (χ1v) is 8.19. The van der Waals surface area contributed by atoms with Crippen molar-refractivity contribution in [3.8, 4) is 6.07 Å². The van der Waals surface area contributed by atoms with Crippen molar-refractivity contribution in [2.75, 3.05) is 11.9 Å². The maximum absolute atomic E-state index is 12.3. The van der Waals surface area contributed by atoms with Gasteiger partial charge in [-0.1, -0.05) is 13.0 Å². The number of hydrogen-bond donors (Lipinski definition) is 1. The predicted molar refractivity (Wildman–Crippen MR) is 86.5 cm³/mol. The maximum atomic E-state index is 12.3. The van der Waals surface area contributed by atoms with E-state index in [0.717, 1.165) is 11.4 Å². The van der Waals surface area contributed by atoms with Crippen LogP contribution in [0.15, 0.2) is 22.5 Å². The number of hydrogen-bond acceptors (Lipinski definition) is 6. The highest BCUT2D eigenvalue weighted by molar-refractivity contribution is 7.15. The van der Waals surface area contributed by atoms with E-state index in [1.54, 1.807) is 6.07 Å². The molecule has 1 N–H and O–H groups in total. The molecule has 0 spiro atoms. The number of rotatable bonds is 5. The third-order valence-corrected chi connectivity index (χ3v) is 4.66. The lowest BCUT2D eigenvalue weighted by atomic mass is 10.3. The summed E-state index contributed by atoms with van der Waals surface area (Å²) in [5.74, 6) is -0.461. The third kappa shape index (κ3) is 3.54. The average Bonchev–Trinajstić information content (AvgIpc) is 3.14. The van der Waals surface area contributed by atoms with Crippen LogP contribution in [-0.4, -0.2) is 23.1 Å². The van der Waals surface area contributed by atoms with Crippen LogP contribution in [0.2, 0.25) is 0 Å². The molecule has 0 aliphatic heterocycles. The molecule has 0 radical (unpaired) electrons. The molecular formula is C14H14N4OS2. The number of anilines is 1. The van der Waals surface area contributed by atoms with Crippen molar-refractivity contribution in [2.24, 2.45) is 4.99 Å². The van der Waals surface area contributed by atoms with E-state index in [1.165, 1.54) is 22.7 Å². The van der Waals surface area contributed by atoms with Crippen LogP contribution in [-0.2, 0) is 6.42 Å². The molecular weight excluding hydrogens is 304 g/mol. The van der Waals surface area contributed by atoms with Crippen LogP contribution in [0.4, 0.5) is 5.13 Å². The van der Waals surface area contributed by atoms with E-state index < -0.39 is 5.91 Å². The van der Waals surface area contributed by atoms with E-state index in [9.17, 15) is 4.79 Å². The van der Waals surface area contributed by atoms with E-state index in [2.05, 4.69) is 15.3 Å². The van der Waals surface area contributed by atoms with E-state index >= 15 is 0 Å². The lowest BCUT2D eigenvalue weighted by molar-refractivity contribution is 0.0998. The molecule has 7 heteroatoms. The zero-order valence-corrected chi connectivity index (χ0v) is 13.3. The SMILES string of the molecule is CCNc1nc(C(=O)N=C(C#N)c2cccs2)c(CC)s1. The Hall–Kier alpha value is -2.04. The fourth-order valence-corrected chi connectivity index (χ4v) is 3.31. The first-order valence-electron chi connectivity index (χ1n) is 6.50. The van der Waals surface area contributed by atoms with Crippen LogP contribution >= 0.6 is 22.7 Å². The van der Waals surface area contributed by atoms with Gasteiger partial charge in [0, 0.05) is 11.4 Å². The molecule has 0 saturated carbocycles. The number of carbonyl (C=O) groups is 1. The molecule has 5 nitrogen and oxygen atoms in total. The molecule has 0 aromatic carbocycles. The predicted octanol–water partition coefficient (Wildman–Crippen LogP) is 3.35. The minimum absolute atomic E-state index is 0.134. The summed E-state index contributed by atoms with van der Waals surface area (Å²) >= 11 is 2.83. The standard InChI is InChI=1S/C14H14N4OS2/c1-3-10-12(18-14(21-10)16-4-2)13(19)17-9(8-15)11-6-5-7-20-11/h5-7H,3-4H2,1-2H3,(H,16,18). The van der Waals surface area contributed by atoms with Gasteiger partial charge >= 0.3 is 0 Å². The molecule has 2 aromatic rings. The van der Waals surface area contributed by atoms with Gasteiger partial charge < -0.3 is 5.32 Å². The Morgan fingerprint density at radius 1 is 1.52 bits per heavy atom. The minimum Gasteiger partial charge on any atom is -0.362 e. The van der Waals surface area contributed by atoms with Crippen LogP contribution in [0.5, 0.6) is 0 Å². The second-order valence-electron chi connectivity index (χ2n) is 4.03. The molecule has 0 fully saturated rings. The summed E-state index contributed by atoms with van der Waals surface area (Å²) in [5.41, 5.74) is 0.470. The van der Waals surface area contributed by atoms with Gasteiger partial charge in [0.25, 0.3) is 5.91 Å². The number of nitrogens with one attached hydrogen (secondary N) is 1. The topological polar surface area (TPSA) is 78.1 Å². The lowest BCUT2D eigenvalue weighted by Crippen LogP contribution is -2.05. The third-order valence-electron chi connectivity index (χ3n) is 2.62. The smallest absolute Gasteiger partial charge is 0.298 e. The quantitative estimate of drug-likeness (QED) is 0.858. The van der Waals surface area contributed by atoms with Crippen LogP contribution in [0.3, 0.4) is 0 Å². The normalized spacial score (nSPS) is 11.2. The zero-order chi connectivity index (χ0) is 15.2. The van der Waals surface area contributed by atoms with E-state index in [0.29, 0.717) is 22.1 Å². The van der Waals surface area contributed by atoms with Crippen molar-refractivity contribution in [2.45, 2.75) is 20.3 Å². The summed E-state index contributed by atoms with van der Waals surface area (Å²) in [4.78, 5) is 22.1. The highest BCUT2D eigenvalue weighted by atomic mass is 32.1. The molecule has 0 saturated heterocycles. The van der Waals surface area contributed by atoms with Crippen molar-refractivity contribution < 1.29 is 4.79 Å². The van der Waals surface area contributed by atoms with Crippen LogP contribution in [0.25, 0.3) is 0 Å². The van der Waals surface area contributed by atoms with Crippen molar-refractivity contribution in [1.82, 2.24) is 4.98 Å². The van der Waals surface area contributed by atoms with Gasteiger partial charge in [-0.2, -0.15) is 10.3 Å². The number of aryl methyl sites for hydroxylation is 1. The number of aliphatic imine (C=N–C) groups is 1. The molecule has 0 bridgehead atoms. The van der Waals surface area contributed by atoms with Gasteiger partial charge in [-0.3, -0.25) is 4.79 Å². The summed E-state index contributed by atoms with van der Waals surface area (Å²) in [6.07, 6.45) is 0.709. The largest absolute Gasteiger partial charge is 0.362 e. The first kappa shape index (κ1) is 15.4. The highest BCUT2D eigenvalue weighted by Gasteiger charge is 2.18. The minimum atomic E-state index is -0.461. The number of carbonyl (C=O) groups excluding carboxylic acids is 1. The van der Waals surface area contributed by atoms with Gasteiger partial charge in [0.15, 0.2) is 10.8 Å². The van der Waals surface area contributed by atoms with Crippen molar-refractivity contribution in [1.29, 1.82) is 5.26 Å². The van der Waals surface area contributed by atoms with Gasteiger partial charge in [0.1, 0.15) is 11.8 Å². The molecule has 21 heavy (non-hydrogen) atoms. The molecule has 2 rings (SSSR count). The summed E-state index contributed by atoms with van der Waals surface area (Å²) in [7, 11) is 0. The number of nitriles is 1. The van der Waals surface area contributed by atoms with Gasteiger partial charge in [-0.15, -0.1) is 22.7 Å². The molecule has 108 valence electrons. The Morgan fingerprint density at radius 3 is 2.90 bits per heavy atom. The molecule has 0 aliphatic rings. The average molecular weight is 318 g/mol. The number of nitrogens with zero attached hydrogens (tertiary/aromatic N) is 3. The summed E-state index contributed by atoms with van der Waals surface area (Å²) in [6.45, 7) is 4.68. The Balaban J connectivity index is 2.33. The van der Waals surface area contributed by atoms with E-state index in [-0.39, 0.29) is 5.71 Å². The molecule has 0 unspecified atom stereocenters. The van der Waals surface area contributed by atoms with Gasteiger partial charge in [-0.25, -0.2) is 4.98 Å². The van der Waals surface area contributed by atoms with Crippen molar-refractivity contribution in [3.05, 3.63) is 33.0 Å². The Labute approximate surface area is 131 Å². The summed E-state index contributed by atoms with van der Waals surface area (Å²) < 4.78 is 0. The Kier molecular flexibility index (Phi) is 5.20. The maximum Gasteiger partial charge on any atom is 0.298 e. The number of aromatic nitrogens is 1. The number of thiazole rings is 1. The van der Waals surface area contributed by atoms with E-state index in [1.807, 2.05) is 31.4 Å². The molecule has 2 heterocycles. The fraction of sp³-hybridized carbons (Fsp3) is 0.286. The summed E-state index contributed by atoms with van der Waals surface area (Å²) in [5, 5.41) is 14.8. The van der Waals surface area contributed by atoms with Gasteiger partial charge in [0.05, 0.1) is 4.88 Å². The summed E-state index contributed by atoms with van der Waals surface area (Å²) in [6, 6.07) is 5.56. The highest BCUT2D eigenvalue weighted by Crippen LogP contribution is 2.24. The Morgan fingerprint density at radius 2 is 2.33 bits per heavy atom. The second-order valence-corrected chi connectivity index (χ2v) is 6.06. The number of amides is 1. The Bertz CT molecular complexity index is 695. The molecule has 1 amide bonds. The van der Waals surface area contributed by atoms with Crippen LogP contribution < -0.4 is 5.32 Å². The lowest BCUT2D eigenvalue weighted by Gasteiger charge is -1.95. The molecule has 2 aromatic heterocycles. The number of thiophene rings is 1. The van der Waals surface area contributed by atoms with Crippen molar-refractivity contribution >= 4 is 39.4 Å². The van der Waals surface area contributed by atoms with Crippen molar-refractivity contribution in [3.63, 3.8) is 0 Å². The van der Waals surface area contributed by atoms with Gasteiger partial charge in [0.2, 0.25) is 0 Å². The molecule has 0 aliphatic carbocycles. The monoisotopic (exact) mass is 318 g/mol.